The predicted octanol–water partition coefficient (Wildman–Crippen LogP) is 1.27. The molecule has 0 aliphatic carbocycles. The van der Waals surface area contributed by atoms with E-state index >= 15 is 0 Å². The third-order valence-corrected chi connectivity index (χ3v) is 2.36. The number of carbonyl (C=O) groups excluding carboxylic acids is 3. The average molecular weight is 259 g/mol. The number of para-hydroxylation sites is 1. The van der Waals surface area contributed by atoms with Crippen molar-refractivity contribution < 1.29 is 14.4 Å². The molecule has 0 aliphatic heterocycles. The molecule has 0 aliphatic rings. The zero-order chi connectivity index (χ0) is 14.3. The van der Waals surface area contributed by atoms with E-state index in [1.165, 1.54) is 13.0 Å². The van der Waals surface area contributed by atoms with Gasteiger partial charge in [-0.1, -0.05) is 18.2 Å². The van der Waals surface area contributed by atoms with Gasteiger partial charge in [0.15, 0.2) is 0 Å². The van der Waals surface area contributed by atoms with Crippen LogP contribution in [0.1, 0.15) is 19.4 Å². The average Bonchev–Trinajstić information content (AvgIpc) is 2.36. The van der Waals surface area contributed by atoms with E-state index in [-0.39, 0.29) is 11.8 Å². The van der Waals surface area contributed by atoms with E-state index in [1.54, 1.807) is 43.6 Å². The molecule has 1 atom stereocenters. The van der Waals surface area contributed by atoms with Gasteiger partial charge in [-0.2, -0.15) is 0 Å². The third-order valence-electron chi connectivity index (χ3n) is 2.36. The maximum Gasteiger partial charge on any atom is 0.246 e. The van der Waals surface area contributed by atoms with Crippen molar-refractivity contribution in [1.29, 1.82) is 0 Å². The van der Waals surface area contributed by atoms with Crippen LogP contribution < -0.4 is 10.6 Å². The van der Waals surface area contributed by atoms with Crippen molar-refractivity contribution in [3.05, 3.63) is 35.9 Å². The van der Waals surface area contributed by atoms with Gasteiger partial charge in [0.25, 0.3) is 0 Å². The fourth-order valence-electron chi connectivity index (χ4n) is 1.49. The Hall–Kier alpha value is -2.43. The number of hydrogen-bond donors (Lipinski definition) is 2. The number of amides is 2. The highest BCUT2D eigenvalue weighted by molar-refractivity contribution is 5.98. The van der Waals surface area contributed by atoms with Crippen LogP contribution in [-0.2, 0) is 14.4 Å². The molecule has 5 heteroatoms. The Morgan fingerprint density at radius 2 is 2.00 bits per heavy atom. The van der Waals surface area contributed by atoms with Crippen molar-refractivity contribution in [1.82, 2.24) is 5.32 Å². The van der Waals surface area contributed by atoms with Gasteiger partial charge in [-0.25, -0.2) is 0 Å². The van der Waals surface area contributed by atoms with E-state index in [0.29, 0.717) is 11.3 Å². The molecule has 1 aromatic carbocycles. The Kier molecular flexibility index (Phi) is 5.47. The highest BCUT2D eigenvalue weighted by Crippen LogP contribution is 2.16. The van der Waals surface area contributed by atoms with Gasteiger partial charge < -0.3 is 10.6 Å². The van der Waals surface area contributed by atoms with Crippen LogP contribution in [0, 0.1) is 0 Å². The van der Waals surface area contributed by atoms with Crippen LogP contribution in [0.15, 0.2) is 30.3 Å². The first kappa shape index (κ1) is 14.6. The van der Waals surface area contributed by atoms with Gasteiger partial charge in [0.05, 0.1) is 0 Å². The molecule has 0 fully saturated rings. The molecular formula is C14H15N2O3. The van der Waals surface area contributed by atoms with E-state index in [4.69, 9.17) is 0 Å². The largest absolute Gasteiger partial charge is 0.345 e. The molecule has 1 aromatic rings. The molecule has 2 N–H and O–H groups in total. The summed E-state index contributed by atoms with van der Waals surface area (Å²) in [5, 5.41) is 5.18. The lowest BCUT2D eigenvalue weighted by molar-refractivity contribution is -0.124. The standard InChI is InChI=1S/C14H15N2O3/c1-10(15-11(2)18)14(19)16-13-8-4-3-6-12(13)7-5-9-17/h3-8,10H,1-2H3,(H,15,18)(H,16,19)/b7-5+. The molecule has 0 spiro atoms. The predicted molar refractivity (Wildman–Crippen MR) is 73.1 cm³/mol. The Balaban J connectivity index is 2.81. The summed E-state index contributed by atoms with van der Waals surface area (Å²) >= 11 is 0. The second kappa shape index (κ2) is 7.10. The molecule has 1 radical (unpaired) electrons. The lowest BCUT2D eigenvalue weighted by Crippen LogP contribution is -2.40. The zero-order valence-electron chi connectivity index (χ0n) is 10.8. The van der Waals surface area contributed by atoms with Crippen molar-refractivity contribution in [3.63, 3.8) is 0 Å². The van der Waals surface area contributed by atoms with Gasteiger partial charge in [-0.3, -0.25) is 14.4 Å². The number of anilines is 1. The summed E-state index contributed by atoms with van der Waals surface area (Å²) < 4.78 is 0. The number of benzene rings is 1. The number of nitrogens with one attached hydrogen (secondary N) is 2. The van der Waals surface area contributed by atoms with Crippen molar-refractivity contribution in [2.24, 2.45) is 0 Å². The van der Waals surface area contributed by atoms with Gasteiger partial charge in [-0.15, -0.1) is 0 Å². The van der Waals surface area contributed by atoms with Crippen LogP contribution in [0.2, 0.25) is 0 Å². The maximum absolute atomic E-state index is 11.8. The minimum atomic E-state index is -0.632. The van der Waals surface area contributed by atoms with E-state index in [2.05, 4.69) is 10.6 Å². The summed E-state index contributed by atoms with van der Waals surface area (Å²) in [5.41, 5.74) is 1.26. The smallest absolute Gasteiger partial charge is 0.246 e. The van der Waals surface area contributed by atoms with E-state index in [1.807, 2.05) is 0 Å². The molecule has 5 nitrogen and oxygen atoms in total. The lowest BCUT2D eigenvalue weighted by atomic mass is 10.1. The van der Waals surface area contributed by atoms with Crippen LogP contribution in [-0.4, -0.2) is 24.1 Å². The molecule has 0 aromatic heterocycles. The first-order chi connectivity index (χ1) is 9.04. The van der Waals surface area contributed by atoms with Crippen molar-refractivity contribution in [2.45, 2.75) is 19.9 Å². The zero-order valence-corrected chi connectivity index (χ0v) is 10.8. The van der Waals surface area contributed by atoms with Gasteiger partial charge in [0, 0.05) is 12.6 Å². The number of rotatable bonds is 5. The van der Waals surface area contributed by atoms with Crippen LogP contribution in [0.4, 0.5) is 5.69 Å². The minimum Gasteiger partial charge on any atom is -0.345 e. The second-order valence-electron chi connectivity index (χ2n) is 3.95. The number of hydrogen-bond acceptors (Lipinski definition) is 3. The molecule has 1 unspecified atom stereocenters. The normalized spacial score (nSPS) is 11.9. The minimum absolute atomic E-state index is 0.272. The van der Waals surface area contributed by atoms with Gasteiger partial charge >= 0.3 is 0 Å². The molecule has 1 rings (SSSR count). The maximum atomic E-state index is 11.8. The van der Waals surface area contributed by atoms with Gasteiger partial charge in [-0.05, 0) is 30.7 Å². The first-order valence-electron chi connectivity index (χ1n) is 5.76. The molecule has 0 saturated carbocycles. The summed E-state index contributed by atoms with van der Waals surface area (Å²) in [5.74, 6) is -0.600. The highest BCUT2D eigenvalue weighted by Gasteiger charge is 2.14. The van der Waals surface area contributed by atoms with E-state index in [9.17, 15) is 14.4 Å². The van der Waals surface area contributed by atoms with E-state index < -0.39 is 6.04 Å². The van der Waals surface area contributed by atoms with Crippen molar-refractivity contribution in [3.8, 4) is 0 Å². The van der Waals surface area contributed by atoms with Gasteiger partial charge in [0.2, 0.25) is 18.1 Å². The monoisotopic (exact) mass is 259 g/mol. The molecule has 99 valence electrons. The molecular weight excluding hydrogens is 244 g/mol. The third kappa shape index (κ3) is 4.75. The summed E-state index contributed by atoms with van der Waals surface area (Å²) in [7, 11) is 0. The quantitative estimate of drug-likeness (QED) is 0.782. The molecule has 19 heavy (non-hydrogen) atoms. The lowest BCUT2D eigenvalue weighted by Gasteiger charge is -2.14. The van der Waals surface area contributed by atoms with Crippen molar-refractivity contribution in [2.75, 3.05) is 5.32 Å². The van der Waals surface area contributed by atoms with Crippen LogP contribution >= 0.6 is 0 Å². The fourth-order valence-corrected chi connectivity index (χ4v) is 1.49. The summed E-state index contributed by atoms with van der Waals surface area (Å²) in [6.45, 7) is 2.94. The Morgan fingerprint density at radius 3 is 2.63 bits per heavy atom. The van der Waals surface area contributed by atoms with Crippen LogP contribution in [0.5, 0.6) is 0 Å². The Labute approximate surface area is 111 Å². The van der Waals surface area contributed by atoms with Crippen LogP contribution in [0.3, 0.4) is 0 Å². The topological polar surface area (TPSA) is 75.3 Å². The van der Waals surface area contributed by atoms with Crippen molar-refractivity contribution >= 4 is 29.9 Å². The SMILES string of the molecule is CC(=O)NC(C)C(=O)Nc1ccccc1/C=C/[C]=O. The van der Waals surface area contributed by atoms with Crippen LogP contribution in [0.25, 0.3) is 6.08 Å². The summed E-state index contributed by atoms with van der Waals surface area (Å²) in [6, 6.07) is 6.39. The highest BCUT2D eigenvalue weighted by atomic mass is 16.2. The molecule has 0 saturated heterocycles. The second-order valence-corrected chi connectivity index (χ2v) is 3.95. The van der Waals surface area contributed by atoms with Gasteiger partial charge in [0.1, 0.15) is 6.04 Å². The Morgan fingerprint density at radius 1 is 1.32 bits per heavy atom. The fraction of sp³-hybridized carbons (Fsp3) is 0.214. The molecule has 0 bridgehead atoms. The Bertz CT molecular complexity index is 509. The number of allylic oxidation sites excluding steroid dienone is 1. The van der Waals surface area contributed by atoms with E-state index in [0.717, 1.165) is 0 Å². The summed E-state index contributed by atoms with van der Waals surface area (Å²) in [4.78, 5) is 32.9. The summed E-state index contributed by atoms with van der Waals surface area (Å²) in [6.07, 6.45) is 4.42. The number of carbonyl (C=O) groups is 2. The molecule has 0 heterocycles. The molecule has 2 amide bonds. The first-order valence-corrected chi connectivity index (χ1v) is 5.76.